The first-order valence-electron chi connectivity index (χ1n) is 5.01. The van der Waals surface area contributed by atoms with Gasteiger partial charge in [0, 0.05) is 7.05 Å². The first-order valence-corrected chi connectivity index (χ1v) is 6.51. The molecule has 18 heavy (non-hydrogen) atoms. The minimum Gasteiger partial charge on any atom is -0.478 e. The van der Waals surface area contributed by atoms with Gasteiger partial charge in [-0.1, -0.05) is 0 Å². The highest BCUT2D eigenvalue weighted by Gasteiger charge is 2.26. The Balaban J connectivity index is 3.09. The van der Waals surface area contributed by atoms with E-state index < -0.39 is 21.2 Å². The van der Waals surface area contributed by atoms with Crippen molar-refractivity contribution in [2.24, 2.45) is 0 Å². The molecule has 0 fully saturated rings. The fraction of sp³-hybridized carbons (Fsp3) is 0.273. The van der Waals surface area contributed by atoms with Gasteiger partial charge in [-0.25, -0.2) is 13.2 Å². The number of sulfonamides is 1. The van der Waals surface area contributed by atoms with E-state index in [-0.39, 0.29) is 5.56 Å². The first kappa shape index (κ1) is 14.0. The first-order chi connectivity index (χ1) is 8.30. The average molecular weight is 268 g/mol. The summed E-state index contributed by atoms with van der Waals surface area (Å²) in [6.45, 7) is 1.29. The molecular weight excluding hydrogens is 256 g/mol. The summed E-state index contributed by atoms with van der Waals surface area (Å²) < 4.78 is 24.7. The standard InChI is InChI=1S/C11H12N2O4S/c1-8(7-12)18(16,17)13(2)10-5-3-9(4-6-10)11(14)15/h3-6,8H,1-2H3,(H,14,15). The highest BCUT2D eigenvalue weighted by Crippen LogP contribution is 2.19. The van der Waals surface area contributed by atoms with Crippen molar-refractivity contribution in [2.75, 3.05) is 11.4 Å². The number of carboxylic acids is 1. The quantitative estimate of drug-likeness (QED) is 0.880. The second-order valence-corrected chi connectivity index (χ2v) is 5.92. The van der Waals surface area contributed by atoms with Crippen molar-refractivity contribution in [3.05, 3.63) is 29.8 Å². The van der Waals surface area contributed by atoms with Gasteiger partial charge in [0.25, 0.3) is 10.0 Å². The molecule has 1 aromatic carbocycles. The van der Waals surface area contributed by atoms with Gasteiger partial charge in [-0.05, 0) is 31.2 Å². The van der Waals surface area contributed by atoms with Crippen LogP contribution in [0.15, 0.2) is 24.3 Å². The molecule has 1 rings (SSSR count). The lowest BCUT2D eigenvalue weighted by molar-refractivity contribution is 0.0697. The van der Waals surface area contributed by atoms with E-state index in [0.29, 0.717) is 5.69 Å². The van der Waals surface area contributed by atoms with Gasteiger partial charge in [-0.3, -0.25) is 4.31 Å². The zero-order valence-electron chi connectivity index (χ0n) is 9.86. The number of nitrogens with zero attached hydrogens (tertiary/aromatic N) is 2. The Kier molecular flexibility index (Phi) is 3.93. The molecule has 0 spiro atoms. The Bertz CT molecular complexity index is 586. The molecule has 0 aromatic heterocycles. The largest absolute Gasteiger partial charge is 0.478 e. The van der Waals surface area contributed by atoms with Crippen molar-refractivity contribution in [3.8, 4) is 6.07 Å². The molecule has 0 bridgehead atoms. The number of carboxylic acid groups (broad SMARTS) is 1. The molecule has 1 atom stereocenters. The molecule has 1 N–H and O–H groups in total. The lowest BCUT2D eigenvalue weighted by Crippen LogP contribution is -2.33. The highest BCUT2D eigenvalue weighted by atomic mass is 32.2. The highest BCUT2D eigenvalue weighted by molar-refractivity contribution is 7.93. The van der Waals surface area contributed by atoms with Crippen LogP contribution in [0.1, 0.15) is 17.3 Å². The Labute approximate surface area is 105 Å². The second-order valence-electron chi connectivity index (χ2n) is 3.64. The van der Waals surface area contributed by atoms with Crippen molar-refractivity contribution < 1.29 is 18.3 Å². The van der Waals surface area contributed by atoms with Gasteiger partial charge in [0.2, 0.25) is 0 Å². The van der Waals surface area contributed by atoms with E-state index in [4.69, 9.17) is 10.4 Å². The number of benzene rings is 1. The minimum atomic E-state index is -3.75. The summed E-state index contributed by atoms with van der Waals surface area (Å²) in [5.41, 5.74) is 0.375. The third-order valence-electron chi connectivity index (χ3n) is 2.49. The second kappa shape index (κ2) is 5.06. The molecule has 7 heteroatoms. The fourth-order valence-electron chi connectivity index (χ4n) is 1.26. The van der Waals surface area contributed by atoms with Gasteiger partial charge >= 0.3 is 5.97 Å². The third-order valence-corrected chi connectivity index (χ3v) is 4.46. The van der Waals surface area contributed by atoms with Crippen molar-refractivity contribution in [3.63, 3.8) is 0 Å². The number of nitriles is 1. The summed E-state index contributed by atoms with van der Waals surface area (Å²) in [5.74, 6) is -1.09. The van der Waals surface area contributed by atoms with Gasteiger partial charge in [0.05, 0.1) is 17.3 Å². The number of hydrogen-bond donors (Lipinski definition) is 1. The molecule has 0 aliphatic carbocycles. The molecule has 0 saturated carbocycles. The Morgan fingerprint density at radius 1 is 1.39 bits per heavy atom. The predicted octanol–water partition coefficient (Wildman–Crippen LogP) is 1.06. The number of hydrogen-bond acceptors (Lipinski definition) is 4. The van der Waals surface area contributed by atoms with Crippen LogP contribution in [-0.4, -0.2) is 31.8 Å². The van der Waals surface area contributed by atoms with Crippen LogP contribution in [0.4, 0.5) is 5.69 Å². The van der Waals surface area contributed by atoms with Crippen LogP contribution in [-0.2, 0) is 10.0 Å². The molecule has 0 heterocycles. The zero-order chi connectivity index (χ0) is 13.9. The Morgan fingerprint density at radius 2 is 1.89 bits per heavy atom. The molecule has 1 unspecified atom stereocenters. The SMILES string of the molecule is CC(C#N)S(=O)(=O)N(C)c1ccc(C(=O)O)cc1. The zero-order valence-corrected chi connectivity index (χ0v) is 10.7. The van der Waals surface area contributed by atoms with Crippen LogP contribution >= 0.6 is 0 Å². The summed E-state index contributed by atoms with van der Waals surface area (Å²) in [4.78, 5) is 10.7. The molecule has 0 amide bonds. The molecule has 6 nitrogen and oxygen atoms in total. The third kappa shape index (κ3) is 2.60. The lowest BCUT2D eigenvalue weighted by atomic mass is 10.2. The van der Waals surface area contributed by atoms with Crippen LogP contribution in [0.5, 0.6) is 0 Å². The van der Waals surface area contributed by atoms with E-state index in [9.17, 15) is 13.2 Å². The average Bonchev–Trinajstić information content (AvgIpc) is 2.36. The maximum atomic E-state index is 11.9. The van der Waals surface area contributed by atoms with E-state index in [1.807, 2.05) is 0 Å². The topological polar surface area (TPSA) is 98.5 Å². The molecule has 0 radical (unpaired) electrons. The van der Waals surface area contributed by atoms with Gasteiger partial charge < -0.3 is 5.11 Å². The van der Waals surface area contributed by atoms with Crippen molar-refractivity contribution in [2.45, 2.75) is 12.2 Å². The summed E-state index contributed by atoms with van der Waals surface area (Å²) in [6, 6.07) is 7.03. The Morgan fingerprint density at radius 3 is 2.28 bits per heavy atom. The van der Waals surface area contributed by atoms with Crippen LogP contribution in [0.2, 0.25) is 0 Å². The number of aromatic carboxylic acids is 1. The molecule has 0 aliphatic heterocycles. The maximum Gasteiger partial charge on any atom is 0.335 e. The van der Waals surface area contributed by atoms with Crippen LogP contribution in [0.3, 0.4) is 0 Å². The Hall–Kier alpha value is -2.07. The van der Waals surface area contributed by atoms with Crippen LogP contribution in [0, 0.1) is 11.3 Å². The fourth-order valence-corrected chi connectivity index (χ4v) is 2.29. The summed E-state index contributed by atoms with van der Waals surface area (Å²) in [5, 5.41) is 16.2. The lowest BCUT2D eigenvalue weighted by Gasteiger charge is -2.20. The molecule has 1 aromatic rings. The summed E-state index contributed by atoms with van der Waals surface area (Å²) in [7, 11) is -2.43. The monoisotopic (exact) mass is 268 g/mol. The number of anilines is 1. The van der Waals surface area contributed by atoms with Gasteiger partial charge in [0.15, 0.2) is 5.25 Å². The van der Waals surface area contributed by atoms with E-state index in [1.54, 1.807) is 6.07 Å². The van der Waals surface area contributed by atoms with Crippen molar-refractivity contribution in [1.29, 1.82) is 5.26 Å². The van der Waals surface area contributed by atoms with Crippen molar-refractivity contribution in [1.82, 2.24) is 0 Å². The smallest absolute Gasteiger partial charge is 0.335 e. The van der Waals surface area contributed by atoms with Crippen LogP contribution in [0.25, 0.3) is 0 Å². The normalized spacial score (nSPS) is 12.5. The van der Waals surface area contributed by atoms with E-state index in [1.165, 1.54) is 38.2 Å². The summed E-state index contributed by atoms with van der Waals surface area (Å²) in [6.07, 6.45) is 0. The van der Waals surface area contributed by atoms with E-state index >= 15 is 0 Å². The van der Waals surface area contributed by atoms with Crippen LogP contribution < -0.4 is 4.31 Å². The maximum absolute atomic E-state index is 11.9. The summed E-state index contributed by atoms with van der Waals surface area (Å²) >= 11 is 0. The van der Waals surface area contributed by atoms with Gasteiger partial charge in [-0.2, -0.15) is 5.26 Å². The number of rotatable bonds is 4. The molecule has 0 saturated heterocycles. The minimum absolute atomic E-state index is 0.0675. The van der Waals surface area contributed by atoms with E-state index in [2.05, 4.69) is 0 Å². The van der Waals surface area contributed by atoms with Crippen molar-refractivity contribution >= 4 is 21.7 Å². The molecule has 0 aliphatic rings. The molecular formula is C11H12N2O4S. The number of carbonyl (C=O) groups is 1. The van der Waals surface area contributed by atoms with E-state index in [0.717, 1.165) is 4.31 Å². The van der Waals surface area contributed by atoms with Gasteiger partial charge in [0.1, 0.15) is 0 Å². The molecule has 96 valence electrons. The predicted molar refractivity (Wildman–Crippen MR) is 65.8 cm³/mol. The van der Waals surface area contributed by atoms with Gasteiger partial charge in [-0.15, -0.1) is 0 Å².